The maximum absolute atomic E-state index is 13.1. The number of nitrogens with one attached hydrogen (secondary N) is 1. The Kier molecular flexibility index (Phi) is 5.41. The Morgan fingerprint density at radius 3 is 2.62 bits per heavy atom. The molecule has 1 N–H and O–H groups in total. The normalized spacial score (nSPS) is 16.3. The van der Waals surface area contributed by atoms with Crippen molar-refractivity contribution in [3.8, 4) is 0 Å². The summed E-state index contributed by atoms with van der Waals surface area (Å²) in [7, 11) is 0. The molecule has 0 saturated heterocycles. The molecule has 0 aliphatic heterocycles. The number of esters is 1. The second kappa shape index (κ2) is 7.58. The number of hydrogen-bond acceptors (Lipinski definition) is 4. The number of anilines is 1. The van der Waals surface area contributed by atoms with Gasteiger partial charge in [0.1, 0.15) is 10.8 Å². The van der Waals surface area contributed by atoms with E-state index >= 15 is 0 Å². The van der Waals surface area contributed by atoms with E-state index in [0.717, 1.165) is 29.7 Å². The van der Waals surface area contributed by atoms with E-state index in [1.165, 1.54) is 35.6 Å². The third-order valence-electron chi connectivity index (χ3n) is 4.39. The molecule has 1 atom stereocenters. The minimum absolute atomic E-state index is 0.235. The Bertz CT molecular complexity index is 826. The highest BCUT2D eigenvalue weighted by molar-refractivity contribution is 7.17. The first-order valence-electron chi connectivity index (χ1n) is 8.77. The van der Waals surface area contributed by atoms with Crippen LogP contribution in [0.15, 0.2) is 24.3 Å². The number of thiophene rings is 1. The SMILES string of the molecule is CC1CCc2c(sc(NC(=O)c3ccc(F)cc3)c2C(=O)OC(C)C)C1. The Morgan fingerprint density at radius 1 is 1.27 bits per heavy atom. The van der Waals surface area contributed by atoms with Crippen LogP contribution in [0.5, 0.6) is 0 Å². The fourth-order valence-electron chi connectivity index (χ4n) is 3.10. The minimum atomic E-state index is -0.401. The first kappa shape index (κ1) is 18.6. The number of rotatable bonds is 4. The van der Waals surface area contributed by atoms with E-state index in [2.05, 4.69) is 12.2 Å². The van der Waals surface area contributed by atoms with Crippen LogP contribution in [0.25, 0.3) is 0 Å². The van der Waals surface area contributed by atoms with Crippen LogP contribution in [-0.2, 0) is 17.6 Å². The molecule has 6 heteroatoms. The van der Waals surface area contributed by atoms with Gasteiger partial charge in [-0.05, 0) is 68.9 Å². The maximum atomic E-state index is 13.1. The Balaban J connectivity index is 1.93. The highest BCUT2D eigenvalue weighted by Gasteiger charge is 2.29. The van der Waals surface area contributed by atoms with Gasteiger partial charge in [-0.2, -0.15) is 0 Å². The van der Waals surface area contributed by atoms with Gasteiger partial charge >= 0.3 is 5.97 Å². The molecule has 1 amide bonds. The summed E-state index contributed by atoms with van der Waals surface area (Å²) in [6.45, 7) is 5.79. The number of carbonyl (C=O) groups excluding carboxylic acids is 2. The summed E-state index contributed by atoms with van der Waals surface area (Å²) in [6, 6.07) is 5.33. The second-order valence-corrected chi connectivity index (χ2v) is 8.08. The summed E-state index contributed by atoms with van der Waals surface area (Å²) in [5.74, 6) is -0.615. The van der Waals surface area contributed by atoms with Gasteiger partial charge in [-0.15, -0.1) is 11.3 Å². The average molecular weight is 375 g/mol. The maximum Gasteiger partial charge on any atom is 0.341 e. The fourth-order valence-corrected chi connectivity index (χ4v) is 4.50. The molecule has 1 heterocycles. The fraction of sp³-hybridized carbons (Fsp3) is 0.400. The van der Waals surface area contributed by atoms with Crippen LogP contribution in [0.2, 0.25) is 0 Å². The van der Waals surface area contributed by atoms with Crippen LogP contribution in [0.1, 0.15) is 58.3 Å². The smallest absolute Gasteiger partial charge is 0.341 e. The van der Waals surface area contributed by atoms with E-state index in [9.17, 15) is 14.0 Å². The molecule has 26 heavy (non-hydrogen) atoms. The lowest BCUT2D eigenvalue weighted by Crippen LogP contribution is -2.18. The van der Waals surface area contributed by atoms with Gasteiger partial charge in [0.25, 0.3) is 5.91 Å². The van der Waals surface area contributed by atoms with Crippen molar-refractivity contribution < 1.29 is 18.7 Å². The van der Waals surface area contributed by atoms with Crippen LogP contribution in [0.4, 0.5) is 9.39 Å². The Labute approximate surface area is 156 Å². The van der Waals surface area contributed by atoms with E-state index < -0.39 is 11.8 Å². The summed E-state index contributed by atoms with van der Waals surface area (Å²) in [6.07, 6.45) is 2.48. The quantitative estimate of drug-likeness (QED) is 0.779. The van der Waals surface area contributed by atoms with E-state index in [1.807, 2.05) is 0 Å². The van der Waals surface area contributed by atoms with Gasteiger partial charge in [-0.25, -0.2) is 9.18 Å². The molecule has 0 saturated carbocycles. The van der Waals surface area contributed by atoms with E-state index in [0.29, 0.717) is 22.0 Å². The summed E-state index contributed by atoms with van der Waals surface area (Å²) in [5, 5.41) is 3.35. The molecular weight excluding hydrogens is 353 g/mol. The predicted molar refractivity (Wildman–Crippen MR) is 100 cm³/mol. The highest BCUT2D eigenvalue weighted by Crippen LogP contribution is 2.40. The molecule has 1 aromatic carbocycles. The van der Waals surface area contributed by atoms with E-state index in [4.69, 9.17) is 4.74 Å². The van der Waals surface area contributed by atoms with Gasteiger partial charge in [0.05, 0.1) is 11.7 Å². The first-order valence-corrected chi connectivity index (χ1v) is 9.59. The third kappa shape index (κ3) is 3.96. The van der Waals surface area contributed by atoms with Crippen molar-refractivity contribution in [2.75, 3.05) is 5.32 Å². The molecule has 1 aromatic heterocycles. The lowest BCUT2D eigenvalue weighted by molar-refractivity contribution is 0.0378. The number of fused-ring (bicyclic) bond motifs is 1. The topological polar surface area (TPSA) is 55.4 Å². The lowest BCUT2D eigenvalue weighted by Gasteiger charge is -2.18. The zero-order chi connectivity index (χ0) is 18.8. The van der Waals surface area contributed by atoms with Crippen molar-refractivity contribution in [3.63, 3.8) is 0 Å². The highest BCUT2D eigenvalue weighted by atomic mass is 32.1. The van der Waals surface area contributed by atoms with Crippen molar-refractivity contribution in [1.29, 1.82) is 0 Å². The van der Waals surface area contributed by atoms with E-state index in [1.54, 1.807) is 13.8 Å². The summed E-state index contributed by atoms with van der Waals surface area (Å²) in [5.41, 5.74) is 1.81. The Morgan fingerprint density at radius 2 is 1.96 bits per heavy atom. The number of ether oxygens (including phenoxy) is 1. The van der Waals surface area contributed by atoms with Crippen molar-refractivity contribution in [2.24, 2.45) is 5.92 Å². The molecule has 2 aromatic rings. The lowest BCUT2D eigenvalue weighted by atomic mass is 9.88. The molecule has 1 unspecified atom stereocenters. The summed E-state index contributed by atoms with van der Waals surface area (Å²) in [4.78, 5) is 26.3. The molecule has 0 radical (unpaired) electrons. The van der Waals surface area contributed by atoms with E-state index in [-0.39, 0.29) is 12.0 Å². The minimum Gasteiger partial charge on any atom is -0.459 e. The molecule has 138 valence electrons. The van der Waals surface area contributed by atoms with Crippen molar-refractivity contribution in [2.45, 2.75) is 46.1 Å². The number of carbonyl (C=O) groups is 2. The number of halogens is 1. The third-order valence-corrected chi connectivity index (χ3v) is 5.56. The summed E-state index contributed by atoms with van der Waals surface area (Å²) >= 11 is 1.44. The molecular formula is C20H22FNO3S. The zero-order valence-electron chi connectivity index (χ0n) is 15.1. The molecule has 1 aliphatic carbocycles. The predicted octanol–water partition coefficient (Wildman–Crippen LogP) is 4.83. The molecule has 0 spiro atoms. The first-order chi connectivity index (χ1) is 12.3. The van der Waals surface area contributed by atoms with Crippen molar-refractivity contribution in [1.82, 2.24) is 0 Å². The molecule has 0 bridgehead atoms. The van der Waals surface area contributed by atoms with Crippen LogP contribution >= 0.6 is 11.3 Å². The zero-order valence-corrected chi connectivity index (χ0v) is 15.9. The summed E-state index contributed by atoms with van der Waals surface area (Å²) < 4.78 is 18.5. The van der Waals surface area contributed by atoms with Crippen LogP contribution in [0, 0.1) is 11.7 Å². The molecule has 1 aliphatic rings. The largest absolute Gasteiger partial charge is 0.459 e. The molecule has 3 rings (SSSR count). The molecule has 4 nitrogen and oxygen atoms in total. The number of amides is 1. The van der Waals surface area contributed by atoms with Crippen molar-refractivity contribution in [3.05, 3.63) is 51.7 Å². The van der Waals surface area contributed by atoms with Crippen LogP contribution in [-0.4, -0.2) is 18.0 Å². The molecule has 0 fully saturated rings. The standard InChI is InChI=1S/C20H22FNO3S/c1-11(2)25-20(24)17-15-9-4-12(3)10-16(15)26-19(17)22-18(23)13-5-7-14(21)8-6-13/h5-8,11-12H,4,9-10H2,1-3H3,(H,22,23). The van der Waals surface area contributed by atoms with Gasteiger partial charge < -0.3 is 10.1 Å². The van der Waals surface area contributed by atoms with Crippen LogP contribution < -0.4 is 5.32 Å². The number of benzene rings is 1. The number of hydrogen-bond donors (Lipinski definition) is 1. The van der Waals surface area contributed by atoms with Gasteiger partial charge in [0.2, 0.25) is 0 Å². The van der Waals surface area contributed by atoms with Gasteiger partial charge in [0, 0.05) is 10.4 Å². The van der Waals surface area contributed by atoms with Gasteiger partial charge in [-0.3, -0.25) is 4.79 Å². The second-order valence-electron chi connectivity index (χ2n) is 6.97. The van der Waals surface area contributed by atoms with Crippen molar-refractivity contribution >= 4 is 28.2 Å². The van der Waals surface area contributed by atoms with Crippen LogP contribution in [0.3, 0.4) is 0 Å². The monoisotopic (exact) mass is 375 g/mol. The van der Waals surface area contributed by atoms with Gasteiger partial charge in [0.15, 0.2) is 0 Å². The van der Waals surface area contributed by atoms with Gasteiger partial charge in [-0.1, -0.05) is 6.92 Å². The average Bonchev–Trinajstić information content (AvgIpc) is 2.91. The Hall–Kier alpha value is -2.21.